The van der Waals surface area contributed by atoms with Crippen LogP contribution in [0.15, 0.2) is 23.6 Å². The molecule has 0 aliphatic carbocycles. The summed E-state index contributed by atoms with van der Waals surface area (Å²) in [5.74, 6) is -1.30. The van der Waals surface area contributed by atoms with Crippen molar-refractivity contribution in [3.8, 4) is 10.6 Å². The van der Waals surface area contributed by atoms with Crippen molar-refractivity contribution in [1.82, 2.24) is 15.6 Å². The van der Waals surface area contributed by atoms with Crippen molar-refractivity contribution >= 4 is 17.2 Å². The Morgan fingerprint density at radius 2 is 2.17 bits per heavy atom. The van der Waals surface area contributed by atoms with Crippen molar-refractivity contribution in [2.24, 2.45) is 5.92 Å². The van der Waals surface area contributed by atoms with Gasteiger partial charge < -0.3 is 10.6 Å². The summed E-state index contributed by atoms with van der Waals surface area (Å²) in [5.41, 5.74) is -0.000601. The predicted molar refractivity (Wildman–Crippen MR) is 90.0 cm³/mol. The molecule has 2 aromatic rings. The van der Waals surface area contributed by atoms with Gasteiger partial charge in [0.1, 0.15) is 22.3 Å². The predicted octanol–water partition coefficient (Wildman–Crippen LogP) is 3.21. The second kappa shape index (κ2) is 7.36. The molecule has 2 heterocycles. The van der Waals surface area contributed by atoms with Gasteiger partial charge in [-0.1, -0.05) is 6.07 Å². The van der Waals surface area contributed by atoms with Crippen LogP contribution in [0.25, 0.3) is 10.6 Å². The molecule has 1 aromatic carbocycles. The van der Waals surface area contributed by atoms with Gasteiger partial charge in [0.25, 0.3) is 5.91 Å². The third-order valence-corrected chi connectivity index (χ3v) is 5.17. The molecule has 2 unspecified atom stereocenters. The Kier molecular flexibility index (Phi) is 5.20. The smallest absolute Gasteiger partial charge is 0.270 e. The van der Waals surface area contributed by atoms with E-state index in [4.69, 9.17) is 0 Å². The molecule has 3 rings (SSSR count). The van der Waals surface area contributed by atoms with E-state index in [0.717, 1.165) is 37.3 Å². The molecule has 1 amide bonds. The lowest BCUT2D eigenvalue weighted by atomic mass is 9.93. The zero-order valence-electron chi connectivity index (χ0n) is 13.3. The van der Waals surface area contributed by atoms with E-state index < -0.39 is 11.6 Å². The Morgan fingerprint density at radius 3 is 2.83 bits per heavy atom. The molecule has 7 heteroatoms. The van der Waals surface area contributed by atoms with Crippen LogP contribution in [0.4, 0.5) is 8.78 Å². The number of hydrogen-bond donors (Lipinski definition) is 2. The fraction of sp³-hybridized carbons (Fsp3) is 0.412. The molecule has 4 nitrogen and oxygen atoms in total. The molecule has 0 spiro atoms. The van der Waals surface area contributed by atoms with Gasteiger partial charge in [0, 0.05) is 11.4 Å². The number of carbonyl (C=O) groups excluding carboxylic acids is 1. The quantitative estimate of drug-likeness (QED) is 0.889. The molecule has 0 saturated carbocycles. The SMILES string of the molecule is CC(NC(=O)c1csc(-c2c(F)cccc2F)n1)C1CCCNC1. The molecule has 1 aliphatic rings. The summed E-state index contributed by atoms with van der Waals surface area (Å²) in [6, 6.07) is 3.67. The molecule has 0 bridgehead atoms. The standard InChI is InChI=1S/C17H19F2N3OS/c1-10(11-4-3-7-20-8-11)21-16(23)14-9-24-17(22-14)15-12(18)5-2-6-13(15)19/h2,5-6,9-11,20H,3-4,7-8H2,1H3,(H,21,23). The summed E-state index contributed by atoms with van der Waals surface area (Å²) >= 11 is 1.06. The van der Waals surface area contributed by atoms with E-state index in [-0.39, 0.29) is 28.2 Å². The Bertz CT molecular complexity index is 708. The molecule has 128 valence electrons. The lowest BCUT2D eigenvalue weighted by Gasteiger charge is -2.28. The maximum atomic E-state index is 13.8. The van der Waals surface area contributed by atoms with Crippen LogP contribution in [-0.4, -0.2) is 30.0 Å². The molecular weight excluding hydrogens is 332 g/mol. The zero-order chi connectivity index (χ0) is 17.1. The fourth-order valence-corrected chi connectivity index (χ4v) is 3.75. The molecule has 24 heavy (non-hydrogen) atoms. The van der Waals surface area contributed by atoms with Gasteiger partial charge >= 0.3 is 0 Å². The maximum Gasteiger partial charge on any atom is 0.270 e. The van der Waals surface area contributed by atoms with Gasteiger partial charge in [-0.05, 0) is 50.9 Å². The number of amides is 1. The van der Waals surface area contributed by atoms with Gasteiger partial charge in [-0.15, -0.1) is 11.3 Å². The summed E-state index contributed by atoms with van der Waals surface area (Å²) in [5, 5.41) is 7.96. The van der Waals surface area contributed by atoms with E-state index in [2.05, 4.69) is 15.6 Å². The molecule has 1 saturated heterocycles. The maximum absolute atomic E-state index is 13.8. The first kappa shape index (κ1) is 17.0. The van der Waals surface area contributed by atoms with Crippen LogP contribution in [0, 0.1) is 17.6 Å². The van der Waals surface area contributed by atoms with Gasteiger partial charge in [-0.3, -0.25) is 4.79 Å². The third kappa shape index (κ3) is 3.62. The largest absolute Gasteiger partial charge is 0.348 e. The van der Waals surface area contributed by atoms with Crippen molar-refractivity contribution in [3.63, 3.8) is 0 Å². The van der Waals surface area contributed by atoms with Crippen molar-refractivity contribution in [2.45, 2.75) is 25.8 Å². The first-order valence-electron chi connectivity index (χ1n) is 7.97. The van der Waals surface area contributed by atoms with Gasteiger partial charge in [0.05, 0.1) is 5.56 Å². The molecule has 1 fully saturated rings. The number of aromatic nitrogens is 1. The average Bonchev–Trinajstić information content (AvgIpc) is 3.05. The van der Waals surface area contributed by atoms with Crippen molar-refractivity contribution in [1.29, 1.82) is 0 Å². The minimum absolute atomic E-state index is 0.0145. The topological polar surface area (TPSA) is 54.0 Å². The Balaban J connectivity index is 1.72. The second-order valence-electron chi connectivity index (χ2n) is 6.00. The van der Waals surface area contributed by atoms with Crippen LogP contribution in [0.5, 0.6) is 0 Å². The number of benzene rings is 1. The average molecular weight is 351 g/mol. The molecule has 2 atom stereocenters. The first-order valence-corrected chi connectivity index (χ1v) is 8.85. The highest BCUT2D eigenvalue weighted by Gasteiger charge is 2.23. The van der Waals surface area contributed by atoms with Crippen molar-refractivity contribution < 1.29 is 13.6 Å². The summed E-state index contributed by atoms with van der Waals surface area (Å²) in [7, 11) is 0. The third-order valence-electron chi connectivity index (χ3n) is 4.31. The highest BCUT2D eigenvalue weighted by Crippen LogP contribution is 2.29. The number of piperidine rings is 1. The molecule has 0 radical (unpaired) electrons. The van der Waals surface area contributed by atoms with Crippen LogP contribution < -0.4 is 10.6 Å². The highest BCUT2D eigenvalue weighted by atomic mass is 32.1. The van der Waals surface area contributed by atoms with Crippen LogP contribution >= 0.6 is 11.3 Å². The van der Waals surface area contributed by atoms with Crippen LogP contribution in [0.3, 0.4) is 0 Å². The number of rotatable bonds is 4. The number of hydrogen-bond acceptors (Lipinski definition) is 4. The van der Waals surface area contributed by atoms with Gasteiger partial charge in [0.15, 0.2) is 0 Å². The van der Waals surface area contributed by atoms with Gasteiger partial charge in [0.2, 0.25) is 0 Å². The Hall–Kier alpha value is -1.86. The van der Waals surface area contributed by atoms with E-state index in [0.29, 0.717) is 5.92 Å². The number of thiazole rings is 1. The summed E-state index contributed by atoms with van der Waals surface area (Å²) in [6.45, 7) is 3.87. The zero-order valence-corrected chi connectivity index (χ0v) is 14.1. The van der Waals surface area contributed by atoms with Crippen LogP contribution in [0.1, 0.15) is 30.3 Å². The minimum Gasteiger partial charge on any atom is -0.348 e. The molecular formula is C17H19F2N3OS. The number of halogens is 2. The summed E-state index contributed by atoms with van der Waals surface area (Å²) in [4.78, 5) is 16.4. The van der Waals surface area contributed by atoms with E-state index in [1.807, 2.05) is 6.92 Å². The number of carbonyl (C=O) groups is 1. The van der Waals surface area contributed by atoms with E-state index >= 15 is 0 Å². The van der Waals surface area contributed by atoms with E-state index in [1.54, 1.807) is 0 Å². The van der Waals surface area contributed by atoms with Crippen LogP contribution in [-0.2, 0) is 0 Å². The lowest BCUT2D eigenvalue weighted by Crippen LogP contribution is -2.44. The van der Waals surface area contributed by atoms with Crippen molar-refractivity contribution in [2.75, 3.05) is 13.1 Å². The summed E-state index contributed by atoms with van der Waals surface area (Å²) in [6.07, 6.45) is 2.16. The van der Waals surface area contributed by atoms with Crippen LogP contribution in [0.2, 0.25) is 0 Å². The summed E-state index contributed by atoms with van der Waals surface area (Å²) < 4.78 is 27.6. The number of nitrogens with one attached hydrogen (secondary N) is 2. The Labute approximate surface area is 143 Å². The monoisotopic (exact) mass is 351 g/mol. The first-order chi connectivity index (χ1) is 11.6. The van der Waals surface area contributed by atoms with Gasteiger partial charge in [-0.25, -0.2) is 13.8 Å². The molecule has 1 aliphatic heterocycles. The van der Waals surface area contributed by atoms with Crippen molar-refractivity contribution in [3.05, 3.63) is 40.9 Å². The molecule has 1 aromatic heterocycles. The fourth-order valence-electron chi connectivity index (χ4n) is 2.90. The second-order valence-corrected chi connectivity index (χ2v) is 6.86. The van der Waals surface area contributed by atoms with Gasteiger partial charge in [-0.2, -0.15) is 0 Å². The highest BCUT2D eigenvalue weighted by molar-refractivity contribution is 7.13. The Morgan fingerprint density at radius 1 is 1.42 bits per heavy atom. The lowest BCUT2D eigenvalue weighted by molar-refractivity contribution is 0.0917. The van der Waals surface area contributed by atoms with E-state index in [9.17, 15) is 13.6 Å². The number of nitrogens with zero attached hydrogens (tertiary/aromatic N) is 1. The normalized spacial score (nSPS) is 19.0. The molecule has 2 N–H and O–H groups in total. The van der Waals surface area contributed by atoms with E-state index in [1.165, 1.54) is 23.6 Å². The minimum atomic E-state index is -0.682.